The van der Waals surface area contributed by atoms with Gasteiger partial charge in [0.2, 0.25) is 11.8 Å². The number of amides is 3. The average Bonchev–Trinajstić information content (AvgIpc) is 3.31. The lowest BCUT2D eigenvalue weighted by Crippen LogP contribution is -2.28. The molecule has 33 heavy (non-hydrogen) atoms. The third-order valence-corrected chi connectivity index (χ3v) is 6.02. The lowest BCUT2D eigenvalue weighted by Gasteiger charge is -2.19. The van der Waals surface area contributed by atoms with Gasteiger partial charge in [-0.25, -0.2) is 0 Å². The third-order valence-electron chi connectivity index (χ3n) is 6.02. The molecule has 2 heterocycles. The molecule has 0 unspecified atom stereocenters. The summed E-state index contributed by atoms with van der Waals surface area (Å²) in [6.45, 7) is 8.13. The molecule has 1 aromatic heterocycles. The van der Waals surface area contributed by atoms with E-state index in [-0.39, 0.29) is 24.1 Å². The summed E-state index contributed by atoms with van der Waals surface area (Å²) >= 11 is 0. The smallest absolute Gasteiger partial charge is 0.270 e. The van der Waals surface area contributed by atoms with Gasteiger partial charge in [-0.2, -0.15) is 0 Å². The van der Waals surface area contributed by atoms with Crippen LogP contribution in [0.5, 0.6) is 0 Å². The number of anilines is 2. The summed E-state index contributed by atoms with van der Waals surface area (Å²) in [5.41, 5.74) is 8.64. The zero-order valence-corrected chi connectivity index (χ0v) is 19.3. The van der Waals surface area contributed by atoms with Crippen molar-refractivity contribution in [1.29, 1.82) is 0 Å². The van der Waals surface area contributed by atoms with Gasteiger partial charge in [0.1, 0.15) is 0 Å². The molecular formula is C26H28N4O3. The average molecular weight is 445 g/mol. The van der Waals surface area contributed by atoms with E-state index >= 15 is 0 Å². The van der Waals surface area contributed by atoms with Crippen molar-refractivity contribution < 1.29 is 14.4 Å². The lowest BCUT2D eigenvalue weighted by molar-refractivity contribution is -0.122. The fourth-order valence-electron chi connectivity index (χ4n) is 4.22. The SMILES string of the molecule is Cc1ccc(N2C[C@@H](C(=O)Nc3cccc(C(=O)Nn4c(C)ccc4C)c3)CC2=O)c(C)c1. The van der Waals surface area contributed by atoms with Crippen LogP contribution < -0.4 is 15.6 Å². The minimum atomic E-state index is -0.458. The van der Waals surface area contributed by atoms with Gasteiger partial charge in [-0.15, -0.1) is 0 Å². The Morgan fingerprint density at radius 3 is 2.36 bits per heavy atom. The summed E-state index contributed by atoms with van der Waals surface area (Å²) in [7, 11) is 0. The van der Waals surface area contributed by atoms with Crippen molar-refractivity contribution >= 4 is 29.1 Å². The molecule has 2 N–H and O–H groups in total. The van der Waals surface area contributed by atoms with Crippen molar-refractivity contribution in [3.63, 3.8) is 0 Å². The molecule has 1 atom stereocenters. The normalized spacial score (nSPS) is 15.6. The Labute approximate surface area is 193 Å². The molecule has 1 saturated heterocycles. The van der Waals surface area contributed by atoms with Crippen LogP contribution in [-0.2, 0) is 9.59 Å². The predicted octanol–water partition coefficient (Wildman–Crippen LogP) is 4.10. The molecule has 3 aromatic rings. The minimum Gasteiger partial charge on any atom is -0.326 e. The van der Waals surface area contributed by atoms with E-state index in [0.717, 1.165) is 28.2 Å². The van der Waals surface area contributed by atoms with E-state index in [0.29, 0.717) is 17.8 Å². The van der Waals surface area contributed by atoms with E-state index < -0.39 is 5.92 Å². The number of carbonyl (C=O) groups is 3. The largest absolute Gasteiger partial charge is 0.326 e. The number of aryl methyl sites for hydroxylation is 4. The first-order chi connectivity index (χ1) is 15.7. The van der Waals surface area contributed by atoms with Crippen molar-refractivity contribution in [3.05, 3.63) is 82.7 Å². The molecular weight excluding hydrogens is 416 g/mol. The Bertz CT molecular complexity index is 1220. The van der Waals surface area contributed by atoms with Crippen LogP contribution in [-0.4, -0.2) is 28.9 Å². The number of hydrogen-bond donors (Lipinski definition) is 2. The van der Waals surface area contributed by atoms with Gasteiger partial charge in [-0.05, 0) is 69.7 Å². The van der Waals surface area contributed by atoms with E-state index in [2.05, 4.69) is 10.7 Å². The number of nitrogens with one attached hydrogen (secondary N) is 2. The number of aromatic nitrogens is 1. The quantitative estimate of drug-likeness (QED) is 0.622. The van der Waals surface area contributed by atoms with Crippen molar-refractivity contribution in [2.45, 2.75) is 34.1 Å². The van der Waals surface area contributed by atoms with Crippen LogP contribution in [0, 0.1) is 33.6 Å². The second-order valence-corrected chi connectivity index (χ2v) is 8.66. The minimum absolute atomic E-state index is 0.0623. The van der Waals surface area contributed by atoms with Crippen molar-refractivity contribution in [3.8, 4) is 0 Å². The molecule has 0 bridgehead atoms. The van der Waals surface area contributed by atoms with Gasteiger partial charge in [0.05, 0.1) is 5.92 Å². The highest BCUT2D eigenvalue weighted by Gasteiger charge is 2.35. The van der Waals surface area contributed by atoms with Crippen LogP contribution in [0.2, 0.25) is 0 Å². The van der Waals surface area contributed by atoms with Gasteiger partial charge in [0.15, 0.2) is 0 Å². The molecule has 0 saturated carbocycles. The Kier molecular flexibility index (Phi) is 6.05. The van der Waals surface area contributed by atoms with Crippen LogP contribution in [0.1, 0.15) is 39.3 Å². The molecule has 170 valence electrons. The molecule has 7 heteroatoms. The summed E-state index contributed by atoms with van der Waals surface area (Å²) < 4.78 is 1.72. The van der Waals surface area contributed by atoms with Crippen LogP contribution in [0.15, 0.2) is 54.6 Å². The second kappa shape index (κ2) is 8.94. The standard InChI is InChI=1S/C26H28N4O3/c1-16-8-11-23(17(2)12-16)29-15-21(14-24(29)31)25(32)27-22-7-5-6-20(13-22)26(33)28-30-18(3)9-10-19(30)4/h5-13,21H,14-15H2,1-4H3,(H,27,32)(H,28,33)/t21-/m0/s1. The van der Waals surface area contributed by atoms with E-state index in [9.17, 15) is 14.4 Å². The summed E-state index contributed by atoms with van der Waals surface area (Å²) in [6, 6.07) is 16.6. The predicted molar refractivity (Wildman–Crippen MR) is 129 cm³/mol. The highest BCUT2D eigenvalue weighted by molar-refractivity contribution is 6.05. The number of benzene rings is 2. The summed E-state index contributed by atoms with van der Waals surface area (Å²) in [6.07, 6.45) is 0.158. The van der Waals surface area contributed by atoms with E-state index in [1.54, 1.807) is 33.8 Å². The van der Waals surface area contributed by atoms with Crippen LogP contribution in [0.4, 0.5) is 11.4 Å². The Hall–Kier alpha value is -3.87. The Morgan fingerprint density at radius 1 is 0.939 bits per heavy atom. The van der Waals surface area contributed by atoms with E-state index in [4.69, 9.17) is 0 Å². The fourth-order valence-corrected chi connectivity index (χ4v) is 4.22. The van der Waals surface area contributed by atoms with Gasteiger partial charge in [0, 0.05) is 41.3 Å². The molecule has 3 amide bonds. The molecule has 0 aliphatic carbocycles. The number of hydrogen-bond acceptors (Lipinski definition) is 3. The van der Waals surface area contributed by atoms with Crippen LogP contribution in [0.3, 0.4) is 0 Å². The molecule has 0 radical (unpaired) electrons. The van der Waals surface area contributed by atoms with Gasteiger partial charge in [0.25, 0.3) is 5.91 Å². The highest BCUT2D eigenvalue weighted by Crippen LogP contribution is 2.29. The fraction of sp³-hybridized carbons (Fsp3) is 0.269. The maximum Gasteiger partial charge on any atom is 0.270 e. The number of rotatable bonds is 5. The molecule has 4 rings (SSSR count). The van der Waals surface area contributed by atoms with Crippen molar-refractivity contribution in [2.75, 3.05) is 22.2 Å². The molecule has 7 nitrogen and oxygen atoms in total. The Balaban J connectivity index is 1.44. The zero-order chi connectivity index (χ0) is 23.7. The maximum atomic E-state index is 12.9. The van der Waals surface area contributed by atoms with Gasteiger partial charge < -0.3 is 10.2 Å². The first-order valence-corrected chi connectivity index (χ1v) is 11.0. The van der Waals surface area contributed by atoms with Gasteiger partial charge >= 0.3 is 0 Å². The first-order valence-electron chi connectivity index (χ1n) is 11.0. The molecule has 1 fully saturated rings. The van der Waals surface area contributed by atoms with Crippen LogP contribution >= 0.6 is 0 Å². The summed E-state index contributed by atoms with van der Waals surface area (Å²) in [5, 5.41) is 2.87. The monoisotopic (exact) mass is 444 g/mol. The van der Waals surface area contributed by atoms with Crippen molar-refractivity contribution in [2.24, 2.45) is 5.92 Å². The lowest BCUT2D eigenvalue weighted by atomic mass is 10.1. The maximum absolute atomic E-state index is 12.9. The van der Waals surface area contributed by atoms with E-state index in [1.807, 2.05) is 58.0 Å². The molecule has 1 aliphatic heterocycles. The zero-order valence-electron chi connectivity index (χ0n) is 19.3. The summed E-state index contributed by atoms with van der Waals surface area (Å²) in [4.78, 5) is 39.9. The third kappa shape index (κ3) is 4.67. The van der Waals surface area contributed by atoms with Gasteiger partial charge in [-0.1, -0.05) is 23.8 Å². The number of carbonyl (C=O) groups excluding carboxylic acids is 3. The van der Waals surface area contributed by atoms with Crippen LogP contribution in [0.25, 0.3) is 0 Å². The van der Waals surface area contributed by atoms with Gasteiger partial charge in [-0.3, -0.25) is 24.5 Å². The highest BCUT2D eigenvalue weighted by atomic mass is 16.2. The molecule has 2 aromatic carbocycles. The second-order valence-electron chi connectivity index (χ2n) is 8.66. The number of nitrogens with zero attached hydrogens (tertiary/aromatic N) is 2. The summed E-state index contributed by atoms with van der Waals surface area (Å²) in [5.74, 6) is -1.02. The Morgan fingerprint density at radius 2 is 1.67 bits per heavy atom. The molecule has 0 spiro atoms. The van der Waals surface area contributed by atoms with Crippen molar-refractivity contribution in [1.82, 2.24) is 4.68 Å². The molecule has 1 aliphatic rings. The van der Waals surface area contributed by atoms with E-state index in [1.165, 1.54) is 0 Å². The first kappa shape index (κ1) is 22.3. The topological polar surface area (TPSA) is 83.4 Å².